The van der Waals surface area contributed by atoms with Gasteiger partial charge in [0.05, 0.1) is 18.2 Å². The summed E-state index contributed by atoms with van der Waals surface area (Å²) in [5, 5.41) is 11.7. The van der Waals surface area contributed by atoms with Gasteiger partial charge >= 0.3 is 6.01 Å². The summed E-state index contributed by atoms with van der Waals surface area (Å²) in [6.45, 7) is 0.324. The van der Waals surface area contributed by atoms with Crippen LogP contribution in [-0.4, -0.2) is 51.8 Å². The molecule has 2 aromatic heterocycles. The van der Waals surface area contributed by atoms with Crippen LogP contribution in [0.4, 0.5) is 16.0 Å². The molecule has 10 nitrogen and oxygen atoms in total. The molecule has 2 heterocycles. The number of nitrogens with two attached hydrogens (primary N) is 1. The van der Waals surface area contributed by atoms with Crippen LogP contribution in [0.15, 0.2) is 42.5 Å². The quantitative estimate of drug-likeness (QED) is 0.452. The minimum Gasteiger partial charge on any atom is -0.468 e. The third-order valence-electron chi connectivity index (χ3n) is 4.73. The first-order valence-corrected chi connectivity index (χ1v) is 9.65. The van der Waals surface area contributed by atoms with Gasteiger partial charge in [0.2, 0.25) is 0 Å². The third kappa shape index (κ3) is 3.87. The fourth-order valence-corrected chi connectivity index (χ4v) is 3.27. The highest BCUT2D eigenvalue weighted by molar-refractivity contribution is 6.04. The summed E-state index contributed by atoms with van der Waals surface area (Å²) >= 11 is 0. The van der Waals surface area contributed by atoms with Gasteiger partial charge in [-0.2, -0.15) is 9.97 Å². The Morgan fingerprint density at radius 1 is 1.19 bits per heavy atom. The second-order valence-corrected chi connectivity index (χ2v) is 7.13. The van der Waals surface area contributed by atoms with Crippen molar-refractivity contribution in [3.05, 3.63) is 59.4 Å². The molecule has 2 aromatic carbocycles. The number of imidazole rings is 1. The standard InChI is InChI=1S/C21H21FN8O2/c1-29(2)19-18(24-11-12-6-4-7-13(22)10-12)26-20(28-27-19)30-15-9-5-8-14(17(23)31)16(15)25-21(30)32-3/h4-10H,11H2,1-3H3,(H2,23,31)(H,24,26,28). The van der Waals surface area contributed by atoms with Gasteiger partial charge in [-0.15, -0.1) is 10.2 Å². The molecule has 0 bridgehead atoms. The molecule has 0 atom stereocenters. The second-order valence-electron chi connectivity index (χ2n) is 7.13. The molecule has 0 radical (unpaired) electrons. The van der Waals surface area contributed by atoms with Gasteiger partial charge in [0.1, 0.15) is 11.3 Å². The zero-order valence-corrected chi connectivity index (χ0v) is 17.7. The maximum Gasteiger partial charge on any atom is 0.304 e. The number of hydrogen-bond acceptors (Lipinski definition) is 8. The minimum absolute atomic E-state index is 0.171. The van der Waals surface area contributed by atoms with Crippen molar-refractivity contribution in [3.8, 4) is 12.0 Å². The lowest BCUT2D eigenvalue weighted by molar-refractivity contribution is 0.100. The lowest BCUT2D eigenvalue weighted by Gasteiger charge is -2.17. The molecule has 4 aromatic rings. The van der Waals surface area contributed by atoms with Gasteiger partial charge in [-0.1, -0.05) is 18.2 Å². The maximum absolute atomic E-state index is 13.5. The summed E-state index contributed by atoms with van der Waals surface area (Å²) in [4.78, 5) is 22.6. The lowest BCUT2D eigenvalue weighted by Crippen LogP contribution is -2.18. The fourth-order valence-electron chi connectivity index (χ4n) is 3.27. The van der Waals surface area contributed by atoms with Crippen LogP contribution in [0.3, 0.4) is 0 Å². The SMILES string of the molecule is COc1nc2c(C(N)=O)cccc2n1-c1nnc(N(C)C)c(NCc2cccc(F)c2)n1. The molecular formula is C21H21FN8O2. The van der Waals surface area contributed by atoms with Crippen molar-refractivity contribution in [1.82, 2.24) is 24.7 Å². The van der Waals surface area contributed by atoms with Crippen molar-refractivity contribution in [1.29, 1.82) is 0 Å². The Balaban J connectivity index is 1.81. The van der Waals surface area contributed by atoms with Gasteiger partial charge in [-0.25, -0.2) is 8.96 Å². The molecule has 0 aliphatic rings. The largest absolute Gasteiger partial charge is 0.468 e. The van der Waals surface area contributed by atoms with Crippen LogP contribution in [-0.2, 0) is 6.54 Å². The number of ether oxygens (including phenoxy) is 1. The number of rotatable bonds is 7. The Hall–Kier alpha value is -4.28. The smallest absolute Gasteiger partial charge is 0.304 e. The van der Waals surface area contributed by atoms with Crippen molar-refractivity contribution >= 4 is 28.6 Å². The fraction of sp³-hybridized carbons (Fsp3) is 0.190. The number of halogens is 1. The zero-order chi connectivity index (χ0) is 22.8. The first kappa shape index (κ1) is 21.0. The van der Waals surface area contributed by atoms with Crippen LogP contribution in [0, 0.1) is 5.82 Å². The topological polar surface area (TPSA) is 124 Å². The molecule has 0 saturated heterocycles. The highest BCUT2D eigenvalue weighted by atomic mass is 19.1. The summed E-state index contributed by atoms with van der Waals surface area (Å²) in [6.07, 6.45) is 0. The molecular weight excluding hydrogens is 415 g/mol. The van der Waals surface area contributed by atoms with Gasteiger partial charge in [-0.05, 0) is 29.8 Å². The molecule has 0 fully saturated rings. The van der Waals surface area contributed by atoms with Gasteiger partial charge in [0.15, 0.2) is 11.6 Å². The van der Waals surface area contributed by atoms with E-state index in [4.69, 9.17) is 10.5 Å². The van der Waals surface area contributed by atoms with Crippen molar-refractivity contribution in [3.63, 3.8) is 0 Å². The number of fused-ring (bicyclic) bond motifs is 1. The number of nitrogens with one attached hydrogen (secondary N) is 1. The van der Waals surface area contributed by atoms with E-state index in [0.717, 1.165) is 5.56 Å². The predicted molar refractivity (Wildman–Crippen MR) is 118 cm³/mol. The Labute approximate surface area is 182 Å². The lowest BCUT2D eigenvalue weighted by atomic mass is 10.2. The number of carbonyl (C=O) groups excluding carboxylic acids is 1. The van der Waals surface area contributed by atoms with Crippen LogP contribution >= 0.6 is 0 Å². The van der Waals surface area contributed by atoms with Crippen LogP contribution in [0.25, 0.3) is 17.0 Å². The van der Waals surface area contributed by atoms with E-state index < -0.39 is 5.91 Å². The van der Waals surface area contributed by atoms with Gasteiger partial charge in [0, 0.05) is 20.6 Å². The summed E-state index contributed by atoms with van der Waals surface area (Å²) in [5.41, 5.74) is 7.38. The average molecular weight is 436 g/mol. The summed E-state index contributed by atoms with van der Waals surface area (Å²) < 4.78 is 20.5. The molecule has 3 N–H and O–H groups in total. The summed E-state index contributed by atoms with van der Waals surface area (Å²) in [5.74, 6) is 0.171. The number of benzene rings is 2. The Morgan fingerprint density at radius 2 is 1.97 bits per heavy atom. The molecule has 11 heteroatoms. The monoisotopic (exact) mass is 436 g/mol. The van der Waals surface area contributed by atoms with E-state index in [2.05, 4.69) is 25.5 Å². The Kier molecular flexibility index (Phi) is 5.54. The van der Waals surface area contributed by atoms with Gasteiger partial charge in [0.25, 0.3) is 11.9 Å². The maximum atomic E-state index is 13.5. The van der Waals surface area contributed by atoms with Gasteiger partial charge < -0.3 is 20.7 Å². The molecule has 0 aliphatic heterocycles. The van der Waals surface area contributed by atoms with E-state index in [-0.39, 0.29) is 23.3 Å². The number of hydrogen-bond donors (Lipinski definition) is 2. The number of aromatic nitrogens is 5. The number of amides is 1. The van der Waals surface area contributed by atoms with Crippen molar-refractivity contribution in [2.75, 3.05) is 31.4 Å². The van der Waals surface area contributed by atoms with Crippen molar-refractivity contribution < 1.29 is 13.9 Å². The van der Waals surface area contributed by atoms with Crippen LogP contribution in [0.1, 0.15) is 15.9 Å². The number of carbonyl (C=O) groups is 1. The molecule has 0 saturated carbocycles. The summed E-state index contributed by atoms with van der Waals surface area (Å²) in [6, 6.07) is 11.5. The molecule has 164 valence electrons. The zero-order valence-electron chi connectivity index (χ0n) is 17.7. The number of para-hydroxylation sites is 1. The molecule has 4 rings (SSSR count). The average Bonchev–Trinajstić information content (AvgIpc) is 3.16. The predicted octanol–water partition coefficient (Wildman–Crippen LogP) is 2.14. The van der Waals surface area contributed by atoms with E-state index >= 15 is 0 Å². The van der Waals surface area contributed by atoms with Crippen LogP contribution < -0.4 is 20.7 Å². The van der Waals surface area contributed by atoms with E-state index in [0.29, 0.717) is 29.2 Å². The number of primary amides is 1. The summed E-state index contributed by atoms with van der Waals surface area (Å²) in [7, 11) is 5.07. The molecule has 1 amide bonds. The van der Waals surface area contributed by atoms with E-state index in [1.165, 1.54) is 19.2 Å². The first-order valence-electron chi connectivity index (χ1n) is 9.65. The third-order valence-corrected chi connectivity index (χ3v) is 4.73. The normalized spacial score (nSPS) is 10.9. The second kappa shape index (κ2) is 8.46. The van der Waals surface area contributed by atoms with Crippen molar-refractivity contribution in [2.45, 2.75) is 6.54 Å². The Bertz CT molecular complexity index is 1300. The molecule has 0 unspecified atom stereocenters. The number of nitrogens with zero attached hydrogens (tertiary/aromatic N) is 6. The van der Waals surface area contributed by atoms with E-state index in [1.807, 2.05) is 14.1 Å². The first-order chi connectivity index (χ1) is 15.4. The number of methoxy groups -OCH3 is 1. The highest BCUT2D eigenvalue weighted by Gasteiger charge is 2.21. The van der Waals surface area contributed by atoms with Gasteiger partial charge in [-0.3, -0.25) is 4.79 Å². The van der Waals surface area contributed by atoms with E-state index in [9.17, 15) is 9.18 Å². The van der Waals surface area contributed by atoms with E-state index in [1.54, 1.807) is 39.8 Å². The van der Waals surface area contributed by atoms with Crippen LogP contribution in [0.5, 0.6) is 6.01 Å². The van der Waals surface area contributed by atoms with Crippen LogP contribution in [0.2, 0.25) is 0 Å². The molecule has 0 spiro atoms. The highest BCUT2D eigenvalue weighted by Crippen LogP contribution is 2.28. The Morgan fingerprint density at radius 3 is 2.66 bits per heavy atom. The molecule has 0 aliphatic carbocycles. The van der Waals surface area contributed by atoms with Crippen molar-refractivity contribution in [2.24, 2.45) is 5.73 Å². The minimum atomic E-state index is -0.609. The molecule has 32 heavy (non-hydrogen) atoms. The number of anilines is 2.